The summed E-state index contributed by atoms with van der Waals surface area (Å²) in [6.45, 7) is 4.12. The highest BCUT2D eigenvalue weighted by atomic mass is 16.5. The van der Waals surface area contributed by atoms with Crippen LogP contribution in [0.25, 0.3) is 0 Å². The molecule has 2 rings (SSSR count). The van der Waals surface area contributed by atoms with E-state index in [0.717, 1.165) is 30.8 Å². The van der Waals surface area contributed by atoms with E-state index in [4.69, 9.17) is 4.74 Å². The molecule has 0 bridgehead atoms. The Kier molecular flexibility index (Phi) is 2.99. The first-order chi connectivity index (χ1) is 6.86. The number of aryl methyl sites for hydroxylation is 1. The van der Waals surface area contributed by atoms with E-state index < -0.39 is 0 Å². The van der Waals surface area contributed by atoms with Gasteiger partial charge in [0.2, 0.25) is 0 Å². The molecule has 0 saturated carbocycles. The van der Waals surface area contributed by atoms with Gasteiger partial charge in [0, 0.05) is 12.7 Å². The molecule has 1 aromatic rings. The molecule has 1 aromatic heterocycles. The van der Waals surface area contributed by atoms with Crippen LogP contribution < -0.4 is 10.1 Å². The molecule has 1 atom stereocenters. The molecule has 3 nitrogen and oxygen atoms in total. The van der Waals surface area contributed by atoms with Gasteiger partial charge in [0.25, 0.3) is 0 Å². The topological polar surface area (TPSA) is 34.1 Å². The molecule has 1 aliphatic rings. The van der Waals surface area contributed by atoms with E-state index in [1.165, 1.54) is 6.42 Å². The molecular weight excluding hydrogens is 176 g/mol. The Morgan fingerprint density at radius 1 is 1.57 bits per heavy atom. The number of hydrogen-bond donors (Lipinski definition) is 1. The number of ether oxygens (including phenoxy) is 1. The molecule has 14 heavy (non-hydrogen) atoms. The quantitative estimate of drug-likeness (QED) is 0.771. The van der Waals surface area contributed by atoms with Crippen molar-refractivity contribution in [2.24, 2.45) is 0 Å². The van der Waals surface area contributed by atoms with Crippen molar-refractivity contribution in [3.05, 3.63) is 24.0 Å². The monoisotopic (exact) mass is 192 g/mol. The van der Waals surface area contributed by atoms with E-state index >= 15 is 0 Å². The van der Waals surface area contributed by atoms with Gasteiger partial charge in [-0.15, -0.1) is 0 Å². The van der Waals surface area contributed by atoms with Crippen molar-refractivity contribution in [2.45, 2.75) is 25.9 Å². The maximum atomic E-state index is 5.86. The molecule has 0 amide bonds. The average Bonchev–Trinajstić information content (AvgIpc) is 2.23. The lowest BCUT2D eigenvalue weighted by atomic mass is 10.1. The van der Waals surface area contributed by atoms with Crippen LogP contribution >= 0.6 is 0 Å². The molecule has 1 fully saturated rings. The third-order valence-electron chi connectivity index (χ3n) is 2.54. The highest BCUT2D eigenvalue weighted by Crippen LogP contribution is 2.18. The first kappa shape index (κ1) is 9.46. The molecule has 0 spiro atoms. The average molecular weight is 192 g/mol. The van der Waals surface area contributed by atoms with E-state index in [2.05, 4.69) is 10.3 Å². The van der Waals surface area contributed by atoms with Gasteiger partial charge >= 0.3 is 0 Å². The molecule has 1 aliphatic heterocycles. The van der Waals surface area contributed by atoms with Gasteiger partial charge in [-0.05, 0) is 37.9 Å². The Balaban J connectivity index is 1.99. The van der Waals surface area contributed by atoms with Crippen LogP contribution in [0.3, 0.4) is 0 Å². The van der Waals surface area contributed by atoms with Crippen molar-refractivity contribution in [1.29, 1.82) is 0 Å². The van der Waals surface area contributed by atoms with Crippen molar-refractivity contribution >= 4 is 0 Å². The predicted octanol–water partition coefficient (Wildman–Crippen LogP) is 1.52. The summed E-state index contributed by atoms with van der Waals surface area (Å²) in [5.41, 5.74) is 1.16. The van der Waals surface area contributed by atoms with Crippen molar-refractivity contribution in [1.82, 2.24) is 10.3 Å². The minimum absolute atomic E-state index is 0.312. The first-order valence-electron chi connectivity index (χ1n) is 5.14. The molecule has 76 valence electrons. The van der Waals surface area contributed by atoms with Crippen LogP contribution in [0.1, 0.15) is 18.4 Å². The fraction of sp³-hybridized carbons (Fsp3) is 0.545. The maximum absolute atomic E-state index is 5.86. The van der Waals surface area contributed by atoms with E-state index in [9.17, 15) is 0 Å². The molecule has 1 saturated heterocycles. The fourth-order valence-corrected chi connectivity index (χ4v) is 1.67. The predicted molar refractivity (Wildman–Crippen MR) is 55.5 cm³/mol. The van der Waals surface area contributed by atoms with Crippen LogP contribution in [-0.4, -0.2) is 24.2 Å². The number of pyridine rings is 1. The standard InChI is InChI=1S/C11H16N2O/c1-9-4-6-13-8-11(9)14-10-3-2-5-12-7-10/h4,6,8,10,12H,2-3,5,7H2,1H3. The zero-order chi connectivity index (χ0) is 9.80. The van der Waals surface area contributed by atoms with Gasteiger partial charge < -0.3 is 10.1 Å². The number of piperidine rings is 1. The Morgan fingerprint density at radius 2 is 2.50 bits per heavy atom. The van der Waals surface area contributed by atoms with Gasteiger partial charge in [-0.2, -0.15) is 0 Å². The lowest BCUT2D eigenvalue weighted by Gasteiger charge is -2.24. The van der Waals surface area contributed by atoms with Crippen molar-refractivity contribution in [3.8, 4) is 5.75 Å². The highest BCUT2D eigenvalue weighted by Gasteiger charge is 2.14. The first-order valence-corrected chi connectivity index (χ1v) is 5.14. The number of hydrogen-bond acceptors (Lipinski definition) is 3. The van der Waals surface area contributed by atoms with Gasteiger partial charge in [0.1, 0.15) is 11.9 Å². The van der Waals surface area contributed by atoms with Crippen LogP contribution in [-0.2, 0) is 0 Å². The zero-order valence-corrected chi connectivity index (χ0v) is 8.49. The minimum atomic E-state index is 0.312. The van der Waals surface area contributed by atoms with Gasteiger partial charge in [0.15, 0.2) is 0 Å². The number of nitrogens with zero attached hydrogens (tertiary/aromatic N) is 1. The summed E-state index contributed by atoms with van der Waals surface area (Å²) in [5, 5.41) is 3.33. The van der Waals surface area contributed by atoms with Gasteiger partial charge in [0.05, 0.1) is 6.20 Å². The summed E-state index contributed by atoms with van der Waals surface area (Å²) >= 11 is 0. The van der Waals surface area contributed by atoms with Gasteiger partial charge in [-0.1, -0.05) is 0 Å². The summed E-state index contributed by atoms with van der Waals surface area (Å²) in [6, 6.07) is 1.98. The van der Waals surface area contributed by atoms with Crippen LogP contribution in [0.5, 0.6) is 5.75 Å². The van der Waals surface area contributed by atoms with Crippen LogP contribution in [0.4, 0.5) is 0 Å². The van der Waals surface area contributed by atoms with E-state index in [1.54, 1.807) is 12.4 Å². The van der Waals surface area contributed by atoms with Gasteiger partial charge in [-0.3, -0.25) is 4.98 Å². The Labute approximate surface area is 84.5 Å². The highest BCUT2D eigenvalue weighted by molar-refractivity contribution is 5.28. The van der Waals surface area contributed by atoms with Crippen molar-refractivity contribution in [3.63, 3.8) is 0 Å². The van der Waals surface area contributed by atoms with Crippen molar-refractivity contribution < 1.29 is 4.74 Å². The number of rotatable bonds is 2. The minimum Gasteiger partial charge on any atom is -0.487 e. The molecule has 0 aromatic carbocycles. The summed E-state index contributed by atoms with van der Waals surface area (Å²) in [5.74, 6) is 0.918. The van der Waals surface area contributed by atoms with Crippen molar-refractivity contribution in [2.75, 3.05) is 13.1 Å². The molecule has 0 aliphatic carbocycles. The molecule has 3 heteroatoms. The lowest BCUT2D eigenvalue weighted by Crippen LogP contribution is -2.37. The van der Waals surface area contributed by atoms with Crippen LogP contribution in [0, 0.1) is 6.92 Å². The summed E-state index contributed by atoms with van der Waals surface area (Å²) in [6.07, 6.45) is 6.24. The van der Waals surface area contributed by atoms with E-state index in [-0.39, 0.29) is 0 Å². The molecule has 1 N–H and O–H groups in total. The second kappa shape index (κ2) is 4.42. The summed E-state index contributed by atoms with van der Waals surface area (Å²) < 4.78 is 5.86. The zero-order valence-electron chi connectivity index (χ0n) is 8.49. The smallest absolute Gasteiger partial charge is 0.140 e. The largest absolute Gasteiger partial charge is 0.487 e. The van der Waals surface area contributed by atoms with Crippen LogP contribution in [0.2, 0.25) is 0 Å². The third-order valence-corrected chi connectivity index (χ3v) is 2.54. The third kappa shape index (κ3) is 2.23. The number of nitrogens with one attached hydrogen (secondary N) is 1. The second-order valence-electron chi connectivity index (χ2n) is 3.73. The SMILES string of the molecule is Cc1ccncc1OC1CCCNC1. The normalized spacial score (nSPS) is 21.9. The fourth-order valence-electron chi connectivity index (χ4n) is 1.67. The summed E-state index contributed by atoms with van der Waals surface area (Å²) in [7, 11) is 0. The Morgan fingerprint density at radius 3 is 3.21 bits per heavy atom. The number of aromatic nitrogens is 1. The molecule has 2 heterocycles. The van der Waals surface area contributed by atoms with Crippen LogP contribution in [0.15, 0.2) is 18.5 Å². The van der Waals surface area contributed by atoms with E-state index in [1.807, 2.05) is 13.0 Å². The summed E-state index contributed by atoms with van der Waals surface area (Å²) in [4.78, 5) is 4.07. The Bertz CT molecular complexity index is 295. The lowest BCUT2D eigenvalue weighted by molar-refractivity contribution is 0.165. The Hall–Kier alpha value is -1.09. The van der Waals surface area contributed by atoms with E-state index in [0.29, 0.717) is 6.10 Å². The molecule has 1 unspecified atom stereocenters. The maximum Gasteiger partial charge on any atom is 0.140 e. The second-order valence-corrected chi connectivity index (χ2v) is 3.73. The molecule has 0 radical (unpaired) electrons. The van der Waals surface area contributed by atoms with Gasteiger partial charge in [-0.25, -0.2) is 0 Å². The molecular formula is C11H16N2O.